The molecule has 3 rings (SSSR count). The Balaban J connectivity index is 1.51. The molecule has 0 radical (unpaired) electrons. The van der Waals surface area contributed by atoms with Gasteiger partial charge >= 0.3 is 5.97 Å². The van der Waals surface area contributed by atoms with Crippen molar-refractivity contribution in [2.75, 3.05) is 24.6 Å². The number of para-hydroxylation sites is 2. The summed E-state index contributed by atoms with van der Waals surface area (Å²) in [6, 6.07) is 13.9. The Labute approximate surface area is 169 Å². The third kappa shape index (κ3) is 4.99. The molecule has 2 aromatic carbocycles. The summed E-state index contributed by atoms with van der Waals surface area (Å²) in [4.78, 5) is 37.3. The van der Waals surface area contributed by atoms with Crippen LogP contribution in [-0.4, -0.2) is 36.4 Å². The van der Waals surface area contributed by atoms with Gasteiger partial charge < -0.3 is 9.64 Å². The van der Waals surface area contributed by atoms with Gasteiger partial charge in [0.1, 0.15) is 5.69 Å². The number of nitro groups is 1. The number of aryl methyl sites for hydroxylation is 1. The third-order valence-electron chi connectivity index (χ3n) is 5.28. The Kier molecular flexibility index (Phi) is 6.59. The lowest BCUT2D eigenvalue weighted by atomic mass is 9.96. The molecule has 0 unspecified atom stereocenters. The number of anilines is 1. The Morgan fingerprint density at radius 3 is 2.38 bits per heavy atom. The van der Waals surface area contributed by atoms with E-state index in [-0.39, 0.29) is 30.0 Å². The molecule has 1 aliphatic heterocycles. The highest BCUT2D eigenvalue weighted by Crippen LogP contribution is 2.31. The van der Waals surface area contributed by atoms with Crippen molar-refractivity contribution in [3.05, 3.63) is 69.8 Å². The zero-order valence-corrected chi connectivity index (χ0v) is 16.4. The highest BCUT2D eigenvalue weighted by atomic mass is 16.6. The summed E-state index contributed by atoms with van der Waals surface area (Å²) in [5.74, 6) is -0.909. The fourth-order valence-corrected chi connectivity index (χ4v) is 3.51. The van der Waals surface area contributed by atoms with E-state index in [0.29, 0.717) is 37.2 Å². The SMILES string of the molecule is CCc1ccc(C(=O)COC(=O)C2CCN(c3ccccc3[N+](=O)[O-])CC2)cc1. The number of ketones is 1. The molecular weight excluding hydrogens is 372 g/mol. The number of rotatable bonds is 7. The summed E-state index contributed by atoms with van der Waals surface area (Å²) in [6.07, 6.45) is 1.96. The first kappa shape index (κ1) is 20.5. The van der Waals surface area contributed by atoms with Crippen molar-refractivity contribution in [1.29, 1.82) is 0 Å². The molecule has 152 valence electrons. The molecule has 0 saturated carbocycles. The molecule has 2 aromatic rings. The molecule has 1 fully saturated rings. The maximum Gasteiger partial charge on any atom is 0.309 e. The number of carbonyl (C=O) groups is 2. The molecule has 7 heteroatoms. The topological polar surface area (TPSA) is 89.8 Å². The van der Waals surface area contributed by atoms with Gasteiger partial charge in [0.2, 0.25) is 0 Å². The molecule has 0 aromatic heterocycles. The molecule has 7 nitrogen and oxygen atoms in total. The minimum atomic E-state index is -0.395. The van der Waals surface area contributed by atoms with Crippen LogP contribution in [0.3, 0.4) is 0 Å². The van der Waals surface area contributed by atoms with Crippen LogP contribution in [0.15, 0.2) is 48.5 Å². The van der Waals surface area contributed by atoms with Crippen molar-refractivity contribution in [3.63, 3.8) is 0 Å². The van der Waals surface area contributed by atoms with Crippen LogP contribution in [0.5, 0.6) is 0 Å². The summed E-state index contributed by atoms with van der Waals surface area (Å²) in [6.45, 7) is 2.82. The van der Waals surface area contributed by atoms with E-state index in [2.05, 4.69) is 0 Å². The van der Waals surface area contributed by atoms with Crippen molar-refractivity contribution >= 4 is 23.1 Å². The lowest BCUT2D eigenvalue weighted by Crippen LogP contribution is -2.37. The van der Waals surface area contributed by atoms with Crippen molar-refractivity contribution < 1.29 is 19.2 Å². The number of esters is 1. The zero-order valence-electron chi connectivity index (χ0n) is 16.4. The van der Waals surface area contributed by atoms with Crippen LogP contribution in [0, 0.1) is 16.0 Å². The summed E-state index contributed by atoms with van der Waals surface area (Å²) < 4.78 is 5.24. The predicted molar refractivity (Wildman–Crippen MR) is 109 cm³/mol. The molecule has 1 saturated heterocycles. The van der Waals surface area contributed by atoms with E-state index in [1.165, 1.54) is 6.07 Å². The van der Waals surface area contributed by atoms with Gasteiger partial charge in [-0.15, -0.1) is 0 Å². The highest BCUT2D eigenvalue weighted by molar-refractivity contribution is 5.98. The van der Waals surface area contributed by atoms with Crippen LogP contribution >= 0.6 is 0 Å². The monoisotopic (exact) mass is 396 g/mol. The fraction of sp³-hybridized carbons (Fsp3) is 0.364. The number of benzene rings is 2. The minimum Gasteiger partial charge on any atom is -0.457 e. The van der Waals surface area contributed by atoms with Crippen LogP contribution in [-0.2, 0) is 16.0 Å². The Hall–Kier alpha value is -3.22. The average molecular weight is 396 g/mol. The van der Waals surface area contributed by atoms with Gasteiger partial charge in [-0.05, 0) is 30.9 Å². The number of Topliss-reactive ketones (excluding diaryl/α,β-unsaturated/α-hetero) is 1. The van der Waals surface area contributed by atoms with Gasteiger partial charge in [0.25, 0.3) is 5.69 Å². The second-order valence-electron chi connectivity index (χ2n) is 7.09. The minimum absolute atomic E-state index is 0.0632. The van der Waals surface area contributed by atoms with E-state index in [1.54, 1.807) is 30.3 Å². The van der Waals surface area contributed by atoms with Gasteiger partial charge in [-0.3, -0.25) is 19.7 Å². The quantitative estimate of drug-likeness (QED) is 0.306. The standard InChI is InChI=1S/C22H24N2O5/c1-2-16-7-9-17(10-8-16)21(25)15-29-22(26)18-11-13-23(14-12-18)19-5-3-4-6-20(19)24(27)28/h3-10,18H,2,11-15H2,1H3. The smallest absolute Gasteiger partial charge is 0.309 e. The Morgan fingerprint density at radius 1 is 1.10 bits per heavy atom. The molecule has 0 spiro atoms. The van der Waals surface area contributed by atoms with Crippen LogP contribution in [0.1, 0.15) is 35.7 Å². The Morgan fingerprint density at radius 2 is 1.76 bits per heavy atom. The maximum absolute atomic E-state index is 12.4. The molecule has 0 bridgehead atoms. The molecule has 0 amide bonds. The number of nitrogens with zero attached hydrogens (tertiary/aromatic N) is 2. The van der Waals surface area contributed by atoms with Crippen LogP contribution < -0.4 is 4.90 Å². The van der Waals surface area contributed by atoms with E-state index >= 15 is 0 Å². The van der Waals surface area contributed by atoms with Crippen molar-refractivity contribution in [1.82, 2.24) is 0 Å². The van der Waals surface area contributed by atoms with Gasteiger partial charge in [0.15, 0.2) is 12.4 Å². The van der Waals surface area contributed by atoms with E-state index < -0.39 is 4.92 Å². The molecule has 0 N–H and O–H groups in total. The molecule has 1 aliphatic rings. The molecule has 1 heterocycles. The van der Waals surface area contributed by atoms with Gasteiger partial charge in [0.05, 0.1) is 10.8 Å². The van der Waals surface area contributed by atoms with Gasteiger partial charge in [-0.25, -0.2) is 0 Å². The summed E-state index contributed by atoms with van der Waals surface area (Å²) in [5.41, 5.74) is 2.30. The number of carbonyl (C=O) groups excluding carboxylic acids is 2. The molecule has 0 atom stereocenters. The lowest BCUT2D eigenvalue weighted by Gasteiger charge is -2.32. The second kappa shape index (κ2) is 9.32. The van der Waals surface area contributed by atoms with Crippen molar-refractivity contribution in [3.8, 4) is 0 Å². The van der Waals surface area contributed by atoms with Crippen LogP contribution in [0.2, 0.25) is 0 Å². The maximum atomic E-state index is 12.4. The summed E-state index contributed by atoms with van der Waals surface area (Å²) >= 11 is 0. The first-order chi connectivity index (χ1) is 14.0. The third-order valence-corrected chi connectivity index (χ3v) is 5.28. The largest absolute Gasteiger partial charge is 0.457 e. The van der Waals surface area contributed by atoms with E-state index in [9.17, 15) is 19.7 Å². The molecule has 29 heavy (non-hydrogen) atoms. The summed E-state index contributed by atoms with van der Waals surface area (Å²) in [7, 11) is 0. The van der Waals surface area contributed by atoms with E-state index in [1.807, 2.05) is 24.0 Å². The van der Waals surface area contributed by atoms with Crippen molar-refractivity contribution in [2.24, 2.45) is 5.92 Å². The number of nitro benzene ring substituents is 1. The number of hydrogen-bond donors (Lipinski definition) is 0. The van der Waals surface area contributed by atoms with Gasteiger partial charge in [-0.1, -0.05) is 43.3 Å². The Bertz CT molecular complexity index is 886. The number of piperidine rings is 1. The first-order valence-electron chi connectivity index (χ1n) is 9.76. The van der Waals surface area contributed by atoms with Crippen LogP contribution in [0.25, 0.3) is 0 Å². The van der Waals surface area contributed by atoms with Gasteiger partial charge in [0, 0.05) is 24.7 Å². The second-order valence-corrected chi connectivity index (χ2v) is 7.09. The van der Waals surface area contributed by atoms with Crippen molar-refractivity contribution in [2.45, 2.75) is 26.2 Å². The lowest BCUT2D eigenvalue weighted by molar-refractivity contribution is -0.384. The molecule has 0 aliphatic carbocycles. The predicted octanol–water partition coefficient (Wildman–Crippen LogP) is 3.80. The molecular formula is C22H24N2O5. The average Bonchev–Trinajstić information content (AvgIpc) is 2.77. The number of ether oxygens (including phenoxy) is 1. The number of hydrogen-bond acceptors (Lipinski definition) is 6. The fourth-order valence-electron chi connectivity index (χ4n) is 3.51. The van der Waals surface area contributed by atoms with E-state index in [4.69, 9.17) is 4.74 Å². The van der Waals surface area contributed by atoms with E-state index in [0.717, 1.165) is 12.0 Å². The normalized spacial score (nSPS) is 14.4. The summed E-state index contributed by atoms with van der Waals surface area (Å²) in [5, 5.41) is 11.2. The van der Waals surface area contributed by atoms with Gasteiger partial charge in [-0.2, -0.15) is 0 Å². The highest BCUT2D eigenvalue weighted by Gasteiger charge is 2.29. The zero-order chi connectivity index (χ0) is 20.8. The first-order valence-corrected chi connectivity index (χ1v) is 9.76. The van der Waals surface area contributed by atoms with Crippen LogP contribution in [0.4, 0.5) is 11.4 Å².